The van der Waals surface area contributed by atoms with Gasteiger partial charge in [-0.1, -0.05) is 45.0 Å². The third-order valence-electron chi connectivity index (χ3n) is 5.80. The van der Waals surface area contributed by atoms with Gasteiger partial charge in [-0.2, -0.15) is 0 Å². The molecule has 8 heteroatoms. The van der Waals surface area contributed by atoms with Crippen molar-refractivity contribution in [3.05, 3.63) is 70.9 Å². The van der Waals surface area contributed by atoms with E-state index in [1.54, 1.807) is 12.1 Å². The van der Waals surface area contributed by atoms with Gasteiger partial charge in [0.1, 0.15) is 0 Å². The Bertz CT molecular complexity index is 1090. The molecule has 0 aromatic heterocycles. The maximum atomic E-state index is 13.0. The highest BCUT2D eigenvalue weighted by Crippen LogP contribution is 2.32. The van der Waals surface area contributed by atoms with Crippen molar-refractivity contribution < 1.29 is 14.3 Å². The molecule has 1 aliphatic heterocycles. The summed E-state index contributed by atoms with van der Waals surface area (Å²) >= 11 is 5.55. The highest BCUT2D eigenvalue weighted by atomic mass is 32.1. The molecule has 1 aliphatic rings. The smallest absolute Gasteiger partial charge is 0.338 e. The van der Waals surface area contributed by atoms with Crippen LogP contribution in [0, 0.1) is 5.92 Å². The van der Waals surface area contributed by atoms with Gasteiger partial charge in [0.25, 0.3) is 0 Å². The van der Waals surface area contributed by atoms with Crippen molar-refractivity contribution in [2.24, 2.45) is 5.92 Å². The molecular weight excluding hydrogens is 460 g/mol. The molecule has 2 aromatic rings. The summed E-state index contributed by atoms with van der Waals surface area (Å²) < 4.78 is 5.57. The molecule has 186 valence electrons. The van der Waals surface area contributed by atoms with Gasteiger partial charge in [0.05, 0.1) is 18.2 Å². The normalized spacial score (nSPS) is 15.7. The van der Waals surface area contributed by atoms with Crippen molar-refractivity contribution in [1.29, 1.82) is 0 Å². The lowest BCUT2D eigenvalue weighted by atomic mass is 9.95. The number of hydrogen-bond donors (Lipinski definition) is 3. The van der Waals surface area contributed by atoms with Crippen molar-refractivity contribution in [3.8, 4) is 0 Å². The third-order valence-corrected chi connectivity index (χ3v) is 6.14. The summed E-state index contributed by atoms with van der Waals surface area (Å²) in [6.07, 6.45) is 0.946. The van der Waals surface area contributed by atoms with E-state index in [2.05, 4.69) is 22.9 Å². The number of urea groups is 1. The lowest BCUT2D eigenvalue weighted by Crippen LogP contribution is -2.47. The molecule has 0 saturated carbocycles. The second-order valence-corrected chi connectivity index (χ2v) is 9.26. The molecule has 2 amide bonds. The Morgan fingerprint density at radius 2 is 1.60 bits per heavy atom. The molecule has 1 atom stereocenters. The predicted octanol–water partition coefficient (Wildman–Crippen LogP) is 5.62. The van der Waals surface area contributed by atoms with Gasteiger partial charge in [-0.05, 0) is 73.8 Å². The highest BCUT2D eigenvalue weighted by Gasteiger charge is 2.34. The van der Waals surface area contributed by atoms with E-state index in [0.717, 1.165) is 23.4 Å². The Labute approximate surface area is 212 Å². The Kier molecular flexibility index (Phi) is 8.87. The van der Waals surface area contributed by atoms with Crippen molar-refractivity contribution >= 4 is 40.7 Å². The van der Waals surface area contributed by atoms with Crippen LogP contribution in [0.2, 0.25) is 0 Å². The minimum atomic E-state index is -0.440. The first-order valence-electron chi connectivity index (χ1n) is 12.0. The summed E-state index contributed by atoms with van der Waals surface area (Å²) in [4.78, 5) is 27.4. The number of carbonyl (C=O) groups excluding carboxylic acids is 2. The van der Waals surface area contributed by atoms with Crippen LogP contribution in [0.4, 0.5) is 16.2 Å². The summed E-state index contributed by atoms with van der Waals surface area (Å²) in [5.41, 5.74) is 4.73. The van der Waals surface area contributed by atoms with Gasteiger partial charge in [-0.3, -0.25) is 0 Å². The number of esters is 1. The molecule has 3 rings (SSSR count). The van der Waals surface area contributed by atoms with Gasteiger partial charge >= 0.3 is 12.0 Å². The van der Waals surface area contributed by atoms with E-state index in [1.807, 2.05) is 69.0 Å². The quantitative estimate of drug-likeness (QED) is 0.327. The van der Waals surface area contributed by atoms with E-state index in [1.165, 1.54) is 5.56 Å². The van der Waals surface area contributed by atoms with E-state index in [-0.39, 0.29) is 17.9 Å². The van der Waals surface area contributed by atoms with E-state index < -0.39 is 6.04 Å². The Morgan fingerprint density at radius 3 is 2.11 bits per heavy atom. The summed E-state index contributed by atoms with van der Waals surface area (Å²) in [5.74, 6) is -0.121. The number of hydrogen-bond acceptors (Lipinski definition) is 4. The minimum Gasteiger partial charge on any atom is -0.462 e. The van der Waals surface area contributed by atoms with Gasteiger partial charge in [-0.25, -0.2) is 9.59 Å². The van der Waals surface area contributed by atoms with Crippen LogP contribution in [0.15, 0.2) is 59.8 Å². The largest absolute Gasteiger partial charge is 0.462 e. The predicted molar refractivity (Wildman–Crippen MR) is 144 cm³/mol. The zero-order valence-electron chi connectivity index (χ0n) is 21.0. The fourth-order valence-corrected chi connectivity index (χ4v) is 4.26. The molecular formula is C27H34N4O3S. The van der Waals surface area contributed by atoms with Crippen LogP contribution in [0.3, 0.4) is 0 Å². The van der Waals surface area contributed by atoms with Crippen LogP contribution < -0.4 is 16.0 Å². The minimum absolute atomic E-state index is 0.235. The maximum absolute atomic E-state index is 13.0. The molecule has 0 aliphatic carbocycles. The lowest BCUT2D eigenvalue weighted by Gasteiger charge is -2.37. The number of benzene rings is 2. The number of ether oxygens (including phenoxy) is 1. The van der Waals surface area contributed by atoms with Gasteiger partial charge in [0, 0.05) is 23.6 Å². The average Bonchev–Trinajstić information content (AvgIpc) is 2.83. The van der Waals surface area contributed by atoms with E-state index in [4.69, 9.17) is 17.0 Å². The number of allylic oxidation sites excluding steroid dienone is 1. The molecule has 0 unspecified atom stereocenters. The summed E-state index contributed by atoms with van der Waals surface area (Å²) in [6.45, 7) is 11.0. The molecule has 7 nitrogen and oxygen atoms in total. The van der Waals surface area contributed by atoms with Crippen molar-refractivity contribution in [2.45, 2.75) is 47.1 Å². The molecule has 0 spiro atoms. The van der Waals surface area contributed by atoms with Gasteiger partial charge in [-0.15, -0.1) is 0 Å². The first-order chi connectivity index (χ1) is 16.7. The standard InChI is InChI=1S/C27H34N4O3S/c1-6-19-8-12-21(13-9-19)28-26(33)29-22-14-10-20(11-15-22)24-23(25(32)34-16-17(3)4)18(5)31(7-2)27(35)30-24/h8-15,17,24H,6-7,16H2,1-5H3,(H,30,35)(H2,28,29,33)/t24-/m0/s1. The van der Waals surface area contributed by atoms with Crippen molar-refractivity contribution in [1.82, 2.24) is 10.2 Å². The Morgan fingerprint density at radius 1 is 1.03 bits per heavy atom. The monoisotopic (exact) mass is 494 g/mol. The second kappa shape index (κ2) is 11.8. The first kappa shape index (κ1) is 26.2. The topological polar surface area (TPSA) is 82.7 Å². The van der Waals surface area contributed by atoms with Crippen molar-refractivity contribution in [2.75, 3.05) is 23.8 Å². The summed E-state index contributed by atoms with van der Waals surface area (Å²) in [7, 11) is 0. The van der Waals surface area contributed by atoms with Crippen molar-refractivity contribution in [3.63, 3.8) is 0 Å². The van der Waals surface area contributed by atoms with Crippen LogP contribution in [0.25, 0.3) is 0 Å². The molecule has 0 fully saturated rings. The third kappa shape index (κ3) is 6.60. The zero-order valence-corrected chi connectivity index (χ0v) is 21.8. The van der Waals surface area contributed by atoms with Crippen LogP contribution >= 0.6 is 12.2 Å². The number of nitrogens with one attached hydrogen (secondary N) is 3. The summed E-state index contributed by atoms with van der Waals surface area (Å²) in [5, 5.41) is 9.52. The highest BCUT2D eigenvalue weighted by molar-refractivity contribution is 7.80. The molecule has 0 bridgehead atoms. The number of carbonyl (C=O) groups is 2. The zero-order chi connectivity index (χ0) is 25.5. The number of anilines is 2. The number of aryl methyl sites for hydroxylation is 1. The van der Waals surface area contributed by atoms with Gasteiger partial charge in [0.2, 0.25) is 0 Å². The molecule has 3 N–H and O–H groups in total. The maximum Gasteiger partial charge on any atom is 0.338 e. The SMILES string of the molecule is CCc1ccc(NC(=O)Nc2ccc([C@@H]3NC(=S)N(CC)C(C)=C3C(=O)OCC(C)C)cc2)cc1. The molecule has 2 aromatic carbocycles. The van der Waals surface area contributed by atoms with Crippen LogP contribution in [0.5, 0.6) is 0 Å². The van der Waals surface area contributed by atoms with Crippen LogP contribution in [0.1, 0.15) is 51.8 Å². The fourth-order valence-electron chi connectivity index (χ4n) is 3.87. The number of rotatable bonds is 8. The number of amides is 2. The van der Waals surface area contributed by atoms with Gasteiger partial charge < -0.3 is 25.6 Å². The van der Waals surface area contributed by atoms with Crippen LogP contribution in [-0.2, 0) is 16.0 Å². The number of thiocarbonyl (C=S) groups is 1. The van der Waals surface area contributed by atoms with Crippen LogP contribution in [-0.4, -0.2) is 35.2 Å². The van der Waals surface area contributed by atoms with E-state index in [9.17, 15) is 9.59 Å². The van der Waals surface area contributed by atoms with E-state index in [0.29, 0.717) is 29.5 Å². The second-order valence-electron chi connectivity index (χ2n) is 8.87. The molecule has 0 radical (unpaired) electrons. The Balaban J connectivity index is 1.76. The molecule has 0 saturated heterocycles. The lowest BCUT2D eigenvalue weighted by molar-refractivity contribution is -0.140. The molecule has 35 heavy (non-hydrogen) atoms. The van der Waals surface area contributed by atoms with Gasteiger partial charge in [0.15, 0.2) is 5.11 Å². The Hall–Kier alpha value is -3.39. The summed E-state index contributed by atoms with van der Waals surface area (Å²) in [6, 6.07) is 14.3. The average molecular weight is 495 g/mol. The fraction of sp³-hybridized carbons (Fsp3) is 0.370. The molecule has 1 heterocycles. The van der Waals surface area contributed by atoms with E-state index >= 15 is 0 Å². The number of nitrogens with zero attached hydrogens (tertiary/aromatic N) is 1. The first-order valence-corrected chi connectivity index (χ1v) is 12.4.